The van der Waals surface area contributed by atoms with E-state index in [2.05, 4.69) is 16.6 Å². The van der Waals surface area contributed by atoms with Gasteiger partial charge in [0.1, 0.15) is 0 Å². The first-order chi connectivity index (χ1) is 8.38. The molecular formula is C11H18N2O3S2. The summed E-state index contributed by atoms with van der Waals surface area (Å²) in [7, 11) is -3.55. The van der Waals surface area contributed by atoms with E-state index in [0.717, 1.165) is 30.6 Å². The van der Waals surface area contributed by atoms with Gasteiger partial charge in [0.05, 0.1) is 0 Å². The number of aromatic amines is 1. The lowest BCUT2D eigenvalue weighted by Crippen LogP contribution is -2.41. The maximum absolute atomic E-state index is 12.1. The van der Waals surface area contributed by atoms with E-state index < -0.39 is 10.0 Å². The van der Waals surface area contributed by atoms with E-state index in [-0.39, 0.29) is 14.5 Å². The van der Waals surface area contributed by atoms with Crippen LogP contribution < -0.4 is 9.60 Å². The Morgan fingerprint density at radius 2 is 2.11 bits per heavy atom. The SMILES string of the molecule is CCC1(CNS(=O)(=O)c2sc(=O)[nH]c2C)CCC1. The molecule has 0 atom stereocenters. The van der Waals surface area contributed by atoms with E-state index in [4.69, 9.17) is 0 Å². The molecule has 0 unspecified atom stereocenters. The molecule has 1 aromatic rings. The van der Waals surface area contributed by atoms with Crippen molar-refractivity contribution in [3.63, 3.8) is 0 Å². The fraction of sp³-hybridized carbons (Fsp3) is 0.727. The zero-order valence-electron chi connectivity index (χ0n) is 10.6. The average molecular weight is 290 g/mol. The standard InChI is InChI=1S/C11H18N2O3S2/c1-3-11(5-4-6-11)7-12-18(15,16)9-8(2)13-10(14)17-9/h12H,3-7H2,1-2H3,(H,13,14). The Bertz CT molecular complexity index is 576. The third kappa shape index (κ3) is 2.53. The minimum atomic E-state index is -3.55. The maximum Gasteiger partial charge on any atom is 0.305 e. The molecule has 0 aliphatic heterocycles. The highest BCUT2D eigenvalue weighted by Crippen LogP contribution is 2.43. The molecule has 18 heavy (non-hydrogen) atoms. The summed E-state index contributed by atoms with van der Waals surface area (Å²) >= 11 is 0.744. The van der Waals surface area contributed by atoms with E-state index in [0.29, 0.717) is 12.2 Å². The van der Waals surface area contributed by atoms with Gasteiger partial charge in [0, 0.05) is 12.2 Å². The molecule has 0 amide bonds. The van der Waals surface area contributed by atoms with Gasteiger partial charge in [-0.05, 0) is 31.6 Å². The Morgan fingerprint density at radius 3 is 2.50 bits per heavy atom. The Kier molecular flexibility index (Phi) is 3.66. The van der Waals surface area contributed by atoms with E-state index in [9.17, 15) is 13.2 Å². The number of H-pyrrole nitrogens is 1. The summed E-state index contributed by atoms with van der Waals surface area (Å²) < 4.78 is 27.0. The number of aromatic nitrogens is 1. The van der Waals surface area contributed by atoms with Crippen LogP contribution in [0.3, 0.4) is 0 Å². The van der Waals surface area contributed by atoms with Gasteiger partial charge >= 0.3 is 4.87 Å². The van der Waals surface area contributed by atoms with Crippen molar-refractivity contribution in [2.75, 3.05) is 6.54 Å². The molecule has 0 spiro atoms. The summed E-state index contributed by atoms with van der Waals surface area (Å²) in [5.41, 5.74) is 0.541. The van der Waals surface area contributed by atoms with Crippen LogP contribution in [-0.2, 0) is 10.0 Å². The van der Waals surface area contributed by atoms with Gasteiger partial charge in [-0.2, -0.15) is 0 Å². The van der Waals surface area contributed by atoms with Gasteiger partial charge in [0.25, 0.3) is 10.0 Å². The number of thiazole rings is 1. The molecule has 0 bridgehead atoms. The normalized spacial score (nSPS) is 18.6. The number of nitrogens with one attached hydrogen (secondary N) is 2. The molecule has 5 nitrogen and oxygen atoms in total. The third-order valence-corrected chi connectivity index (χ3v) is 6.83. The number of rotatable bonds is 5. The Labute approximate surface area is 111 Å². The summed E-state index contributed by atoms with van der Waals surface area (Å²) in [5.74, 6) is 0. The minimum absolute atomic E-state index is 0.109. The van der Waals surface area contributed by atoms with Crippen molar-refractivity contribution < 1.29 is 8.42 Å². The molecule has 2 rings (SSSR count). The minimum Gasteiger partial charge on any atom is -0.315 e. The van der Waals surface area contributed by atoms with Crippen molar-refractivity contribution in [1.82, 2.24) is 9.71 Å². The van der Waals surface area contributed by atoms with E-state index in [1.165, 1.54) is 6.42 Å². The van der Waals surface area contributed by atoms with Crippen LogP contribution in [0.15, 0.2) is 9.00 Å². The van der Waals surface area contributed by atoms with Gasteiger partial charge in [-0.15, -0.1) is 0 Å². The highest BCUT2D eigenvalue weighted by atomic mass is 32.2. The van der Waals surface area contributed by atoms with Gasteiger partial charge in [-0.25, -0.2) is 13.1 Å². The Balaban J connectivity index is 2.13. The second-order valence-corrected chi connectivity index (χ2v) is 7.90. The molecule has 1 saturated carbocycles. The smallest absolute Gasteiger partial charge is 0.305 e. The van der Waals surface area contributed by atoms with Gasteiger partial charge < -0.3 is 4.98 Å². The molecule has 1 aromatic heterocycles. The predicted octanol–water partition coefficient (Wildman–Crippen LogP) is 1.60. The van der Waals surface area contributed by atoms with E-state index >= 15 is 0 Å². The van der Waals surface area contributed by atoms with Crippen LogP contribution in [0.4, 0.5) is 0 Å². The van der Waals surface area contributed by atoms with Gasteiger partial charge in [-0.3, -0.25) is 4.79 Å². The zero-order valence-corrected chi connectivity index (χ0v) is 12.2. The van der Waals surface area contributed by atoms with Crippen molar-refractivity contribution in [3.8, 4) is 0 Å². The molecule has 0 saturated heterocycles. The summed E-state index contributed by atoms with van der Waals surface area (Å²) in [6.45, 7) is 4.16. The summed E-state index contributed by atoms with van der Waals surface area (Å²) in [6.07, 6.45) is 4.31. The molecule has 1 heterocycles. The second kappa shape index (κ2) is 4.79. The number of hydrogen-bond acceptors (Lipinski definition) is 4. The highest BCUT2D eigenvalue weighted by Gasteiger charge is 2.36. The number of hydrogen-bond donors (Lipinski definition) is 2. The van der Waals surface area contributed by atoms with Crippen molar-refractivity contribution in [2.45, 2.75) is 43.7 Å². The van der Waals surface area contributed by atoms with Gasteiger partial charge in [-0.1, -0.05) is 24.7 Å². The topological polar surface area (TPSA) is 79.0 Å². The van der Waals surface area contributed by atoms with Crippen LogP contribution in [0.2, 0.25) is 0 Å². The quantitative estimate of drug-likeness (QED) is 0.864. The third-order valence-electron chi connectivity index (χ3n) is 3.83. The van der Waals surface area contributed by atoms with Crippen LogP contribution in [0.5, 0.6) is 0 Å². The molecule has 102 valence electrons. The molecule has 1 aliphatic rings. The van der Waals surface area contributed by atoms with Crippen LogP contribution in [0.25, 0.3) is 0 Å². The first-order valence-electron chi connectivity index (χ1n) is 6.08. The van der Waals surface area contributed by atoms with Crippen LogP contribution >= 0.6 is 11.3 Å². The average Bonchev–Trinajstić information content (AvgIpc) is 2.57. The van der Waals surface area contributed by atoms with Gasteiger partial charge in [0.2, 0.25) is 0 Å². The largest absolute Gasteiger partial charge is 0.315 e. The molecule has 1 aliphatic carbocycles. The van der Waals surface area contributed by atoms with Crippen molar-refractivity contribution in [3.05, 3.63) is 15.4 Å². The molecule has 0 aromatic carbocycles. The summed E-state index contributed by atoms with van der Waals surface area (Å²) in [6, 6.07) is 0. The number of sulfonamides is 1. The first-order valence-corrected chi connectivity index (χ1v) is 8.38. The fourth-order valence-electron chi connectivity index (χ4n) is 2.29. The monoisotopic (exact) mass is 290 g/mol. The Hall–Kier alpha value is -0.660. The summed E-state index contributed by atoms with van der Waals surface area (Å²) in [4.78, 5) is 13.3. The molecule has 7 heteroatoms. The van der Waals surface area contributed by atoms with Crippen LogP contribution in [0, 0.1) is 12.3 Å². The van der Waals surface area contributed by atoms with Crippen molar-refractivity contribution >= 4 is 21.4 Å². The van der Waals surface area contributed by atoms with Crippen molar-refractivity contribution in [2.24, 2.45) is 5.41 Å². The lowest BCUT2D eigenvalue weighted by molar-refractivity contribution is 0.133. The fourth-order valence-corrected chi connectivity index (χ4v) is 4.79. The van der Waals surface area contributed by atoms with Crippen LogP contribution in [-0.4, -0.2) is 19.9 Å². The second-order valence-electron chi connectivity index (χ2n) is 4.96. The first kappa shape index (κ1) is 13.8. The molecule has 1 fully saturated rings. The van der Waals surface area contributed by atoms with Crippen LogP contribution in [0.1, 0.15) is 38.3 Å². The summed E-state index contributed by atoms with van der Waals surface area (Å²) in [5, 5.41) is 0. The lowest BCUT2D eigenvalue weighted by atomic mass is 9.67. The van der Waals surface area contributed by atoms with Crippen molar-refractivity contribution in [1.29, 1.82) is 0 Å². The highest BCUT2D eigenvalue weighted by molar-refractivity contribution is 7.91. The molecule has 2 N–H and O–H groups in total. The number of aryl methyl sites for hydroxylation is 1. The van der Waals surface area contributed by atoms with E-state index in [1.54, 1.807) is 6.92 Å². The predicted molar refractivity (Wildman–Crippen MR) is 71.4 cm³/mol. The molecule has 0 radical (unpaired) electrons. The van der Waals surface area contributed by atoms with E-state index in [1.807, 2.05) is 0 Å². The maximum atomic E-state index is 12.1. The zero-order chi connectivity index (χ0) is 13.4. The van der Waals surface area contributed by atoms with Gasteiger partial charge in [0.15, 0.2) is 4.21 Å². The lowest BCUT2D eigenvalue weighted by Gasteiger charge is -2.41. The molecular weight excluding hydrogens is 272 g/mol. The Morgan fingerprint density at radius 1 is 1.44 bits per heavy atom.